The second-order valence-electron chi connectivity index (χ2n) is 4.58. The summed E-state index contributed by atoms with van der Waals surface area (Å²) in [6, 6.07) is 1.02. The molecule has 1 aromatic heterocycles. The summed E-state index contributed by atoms with van der Waals surface area (Å²) in [7, 11) is 1.70. The monoisotopic (exact) mass is 255 g/mol. The first-order valence-electron chi connectivity index (χ1n) is 6.59. The molecule has 0 unspecified atom stereocenters. The Morgan fingerprint density at radius 2 is 2.28 bits per heavy atom. The third kappa shape index (κ3) is 4.66. The van der Waals surface area contributed by atoms with Crippen molar-refractivity contribution < 1.29 is 9.15 Å². The maximum absolute atomic E-state index is 5.54. The first kappa shape index (κ1) is 15.0. The van der Waals surface area contributed by atoms with E-state index in [-0.39, 0.29) is 0 Å². The van der Waals surface area contributed by atoms with Gasteiger partial charge in [-0.25, -0.2) is 0 Å². The van der Waals surface area contributed by atoms with Crippen LogP contribution < -0.4 is 10.2 Å². The number of hydrogen-bond acceptors (Lipinski definition) is 5. The van der Waals surface area contributed by atoms with Crippen LogP contribution in [0.2, 0.25) is 0 Å². The summed E-state index contributed by atoms with van der Waals surface area (Å²) in [5.74, 6) is 0. The number of nitrogens with one attached hydrogen (secondary N) is 1. The molecular weight excluding hydrogens is 230 g/mol. The molecule has 5 nitrogen and oxygen atoms in total. The molecule has 0 aliphatic heterocycles. The molecule has 5 heteroatoms. The van der Waals surface area contributed by atoms with Gasteiger partial charge in [-0.1, -0.05) is 6.92 Å². The second kappa shape index (κ2) is 8.11. The van der Waals surface area contributed by atoms with Crippen LogP contribution in [0.5, 0.6) is 0 Å². The van der Waals surface area contributed by atoms with E-state index in [0.29, 0.717) is 18.7 Å². The second-order valence-corrected chi connectivity index (χ2v) is 4.58. The molecule has 0 spiro atoms. The Kier molecular flexibility index (Phi) is 6.75. The van der Waals surface area contributed by atoms with Crippen molar-refractivity contribution in [1.82, 2.24) is 10.3 Å². The van der Waals surface area contributed by atoms with Gasteiger partial charge in [0.1, 0.15) is 6.26 Å². The Hall–Kier alpha value is -1.07. The Balaban J connectivity index is 2.57. The van der Waals surface area contributed by atoms with E-state index in [1.165, 1.54) is 0 Å². The Morgan fingerprint density at radius 1 is 1.50 bits per heavy atom. The van der Waals surface area contributed by atoms with Crippen LogP contribution >= 0.6 is 0 Å². The lowest BCUT2D eigenvalue weighted by Gasteiger charge is -2.24. The minimum atomic E-state index is 0.343. The van der Waals surface area contributed by atoms with E-state index in [9.17, 15) is 0 Å². The van der Waals surface area contributed by atoms with Gasteiger partial charge >= 0.3 is 0 Å². The maximum Gasteiger partial charge on any atom is 0.297 e. The summed E-state index contributed by atoms with van der Waals surface area (Å²) in [5, 5.41) is 3.31. The zero-order valence-electron chi connectivity index (χ0n) is 11.9. The highest BCUT2D eigenvalue weighted by Gasteiger charge is 2.15. The molecule has 0 aromatic carbocycles. The minimum absolute atomic E-state index is 0.343. The fraction of sp³-hybridized carbons (Fsp3) is 0.769. The van der Waals surface area contributed by atoms with Crippen LogP contribution in [-0.4, -0.2) is 37.8 Å². The number of oxazole rings is 1. The molecule has 1 aromatic rings. The van der Waals surface area contributed by atoms with E-state index in [4.69, 9.17) is 9.15 Å². The van der Waals surface area contributed by atoms with Gasteiger partial charge < -0.3 is 19.4 Å². The molecule has 0 bridgehead atoms. The van der Waals surface area contributed by atoms with Gasteiger partial charge in [-0.15, -0.1) is 0 Å². The first-order chi connectivity index (χ1) is 8.69. The molecule has 1 N–H and O–H groups in total. The molecule has 1 heterocycles. The Labute approximate surface area is 110 Å². The summed E-state index contributed by atoms with van der Waals surface area (Å²) < 4.78 is 10.6. The number of aromatic nitrogens is 1. The minimum Gasteiger partial charge on any atom is -0.432 e. The van der Waals surface area contributed by atoms with Gasteiger partial charge in [0.15, 0.2) is 0 Å². The lowest BCUT2D eigenvalue weighted by atomic mass is 10.3. The third-order valence-electron chi connectivity index (χ3n) is 2.68. The van der Waals surface area contributed by atoms with Crippen molar-refractivity contribution in [1.29, 1.82) is 0 Å². The molecular formula is C13H25N3O2. The molecule has 104 valence electrons. The maximum atomic E-state index is 5.54. The van der Waals surface area contributed by atoms with Crippen LogP contribution in [0.15, 0.2) is 10.7 Å². The predicted molar refractivity (Wildman–Crippen MR) is 72.9 cm³/mol. The van der Waals surface area contributed by atoms with Gasteiger partial charge in [0.25, 0.3) is 6.01 Å². The van der Waals surface area contributed by atoms with Crippen molar-refractivity contribution in [2.75, 3.05) is 31.7 Å². The van der Waals surface area contributed by atoms with Crippen molar-refractivity contribution in [2.24, 2.45) is 0 Å². The average Bonchev–Trinajstić information content (AvgIpc) is 2.78. The molecule has 0 saturated heterocycles. The molecule has 1 rings (SSSR count). The molecule has 0 amide bonds. The molecule has 0 fully saturated rings. The van der Waals surface area contributed by atoms with Gasteiger partial charge in [-0.2, -0.15) is 4.98 Å². The number of hydrogen-bond donors (Lipinski definition) is 1. The van der Waals surface area contributed by atoms with Crippen LogP contribution in [0.4, 0.5) is 6.01 Å². The third-order valence-corrected chi connectivity index (χ3v) is 2.68. The van der Waals surface area contributed by atoms with Crippen molar-refractivity contribution >= 4 is 6.01 Å². The topological polar surface area (TPSA) is 50.5 Å². The fourth-order valence-corrected chi connectivity index (χ4v) is 1.67. The van der Waals surface area contributed by atoms with Crippen molar-refractivity contribution in [3.05, 3.63) is 12.0 Å². The van der Waals surface area contributed by atoms with Crippen LogP contribution in [-0.2, 0) is 11.3 Å². The molecule has 0 atom stereocenters. The van der Waals surface area contributed by atoms with Crippen LogP contribution in [0.25, 0.3) is 0 Å². The summed E-state index contributed by atoms with van der Waals surface area (Å²) in [6.07, 6.45) is 2.84. The normalized spacial score (nSPS) is 11.2. The van der Waals surface area contributed by atoms with E-state index in [1.54, 1.807) is 13.4 Å². The van der Waals surface area contributed by atoms with Crippen molar-refractivity contribution in [3.63, 3.8) is 0 Å². The van der Waals surface area contributed by atoms with Crippen LogP contribution in [0.1, 0.15) is 32.9 Å². The van der Waals surface area contributed by atoms with E-state index >= 15 is 0 Å². The van der Waals surface area contributed by atoms with Gasteiger partial charge in [-0.05, 0) is 26.8 Å². The van der Waals surface area contributed by atoms with E-state index in [1.807, 2.05) is 0 Å². The number of ether oxygens (including phenoxy) is 1. The molecule has 0 radical (unpaired) electrons. The van der Waals surface area contributed by atoms with E-state index < -0.39 is 0 Å². The average molecular weight is 255 g/mol. The molecule has 18 heavy (non-hydrogen) atoms. The van der Waals surface area contributed by atoms with Gasteiger partial charge in [-0.3, -0.25) is 0 Å². The fourth-order valence-electron chi connectivity index (χ4n) is 1.67. The Morgan fingerprint density at radius 3 is 2.89 bits per heavy atom. The quantitative estimate of drug-likeness (QED) is 0.684. The summed E-state index contributed by atoms with van der Waals surface area (Å²) in [6.45, 7) is 9.60. The highest BCUT2D eigenvalue weighted by molar-refractivity contribution is 5.28. The van der Waals surface area contributed by atoms with Crippen molar-refractivity contribution in [2.45, 2.75) is 39.8 Å². The lowest BCUT2D eigenvalue weighted by Crippen LogP contribution is -2.34. The van der Waals surface area contributed by atoms with E-state index in [2.05, 4.69) is 36.0 Å². The number of nitrogens with zero attached hydrogens (tertiary/aromatic N) is 2. The van der Waals surface area contributed by atoms with Crippen LogP contribution in [0, 0.1) is 0 Å². The van der Waals surface area contributed by atoms with Crippen LogP contribution in [0.3, 0.4) is 0 Å². The zero-order valence-corrected chi connectivity index (χ0v) is 11.9. The van der Waals surface area contributed by atoms with Gasteiger partial charge in [0.2, 0.25) is 0 Å². The predicted octanol–water partition coefficient (Wildman–Crippen LogP) is 2.04. The highest BCUT2D eigenvalue weighted by Crippen LogP contribution is 2.16. The highest BCUT2D eigenvalue weighted by atomic mass is 16.5. The summed E-state index contributed by atoms with van der Waals surface area (Å²) in [4.78, 5) is 6.60. The SMILES string of the molecule is CCCNCc1coc(N(CCOC)C(C)C)n1. The first-order valence-corrected chi connectivity index (χ1v) is 6.59. The molecule has 0 aliphatic carbocycles. The number of rotatable bonds is 9. The zero-order chi connectivity index (χ0) is 13.4. The number of methoxy groups -OCH3 is 1. The standard InChI is InChI=1S/C13H25N3O2/c1-5-6-14-9-12-10-18-13(15-12)16(11(2)3)7-8-17-4/h10-11,14H,5-9H2,1-4H3. The molecule has 0 aliphatic rings. The summed E-state index contributed by atoms with van der Waals surface area (Å²) >= 11 is 0. The molecule has 0 saturated carbocycles. The Bertz CT molecular complexity index is 326. The van der Waals surface area contributed by atoms with E-state index in [0.717, 1.165) is 31.7 Å². The largest absolute Gasteiger partial charge is 0.432 e. The van der Waals surface area contributed by atoms with Gasteiger partial charge in [0, 0.05) is 26.2 Å². The van der Waals surface area contributed by atoms with Crippen molar-refractivity contribution in [3.8, 4) is 0 Å². The van der Waals surface area contributed by atoms with Gasteiger partial charge in [0.05, 0.1) is 12.3 Å². The smallest absolute Gasteiger partial charge is 0.297 e. The number of anilines is 1. The summed E-state index contributed by atoms with van der Waals surface area (Å²) in [5.41, 5.74) is 0.946. The lowest BCUT2D eigenvalue weighted by molar-refractivity contribution is 0.202.